The zero-order chi connectivity index (χ0) is 18.4. The fourth-order valence-corrected chi connectivity index (χ4v) is 3.94. The minimum absolute atomic E-state index is 0.0337. The molecule has 0 saturated carbocycles. The number of likely N-dealkylation sites (tertiary alicyclic amines) is 2. The van der Waals surface area contributed by atoms with Crippen LogP contribution in [-0.4, -0.2) is 62.8 Å². The minimum atomic E-state index is -0.0337. The molecule has 2 aliphatic rings. The summed E-state index contributed by atoms with van der Waals surface area (Å²) in [5.74, 6) is 1.99. The fourth-order valence-electron chi connectivity index (χ4n) is 3.94. The van der Waals surface area contributed by atoms with Crippen LogP contribution in [0.25, 0.3) is 0 Å². The molecule has 6 nitrogen and oxygen atoms in total. The van der Waals surface area contributed by atoms with Gasteiger partial charge in [-0.15, -0.1) is 0 Å². The largest absolute Gasteiger partial charge is 0.493 e. The molecule has 0 aromatic heterocycles. The highest BCUT2D eigenvalue weighted by molar-refractivity contribution is 5.89. The average Bonchev–Trinajstić information content (AvgIpc) is 2.69. The molecular formula is C20H31N3O3. The predicted molar refractivity (Wildman–Crippen MR) is 103 cm³/mol. The average molecular weight is 361 g/mol. The van der Waals surface area contributed by atoms with Crippen LogP contribution in [0.3, 0.4) is 0 Å². The maximum atomic E-state index is 12.6. The topological polar surface area (TPSA) is 54.0 Å². The lowest BCUT2D eigenvalue weighted by molar-refractivity contribution is 0.142. The monoisotopic (exact) mass is 361 g/mol. The summed E-state index contributed by atoms with van der Waals surface area (Å²) < 4.78 is 10.5. The predicted octanol–water partition coefficient (Wildman–Crippen LogP) is 3.43. The lowest BCUT2D eigenvalue weighted by atomic mass is 9.95. The maximum Gasteiger partial charge on any atom is 0.321 e. The normalized spacial score (nSPS) is 19.2. The summed E-state index contributed by atoms with van der Waals surface area (Å²) in [6.45, 7) is 5.36. The molecule has 2 amide bonds. The Bertz CT molecular complexity index is 594. The number of ether oxygens (including phenoxy) is 2. The van der Waals surface area contributed by atoms with Crippen molar-refractivity contribution < 1.29 is 14.3 Å². The number of urea groups is 1. The Morgan fingerprint density at radius 3 is 2.38 bits per heavy atom. The van der Waals surface area contributed by atoms with Crippen molar-refractivity contribution in [3.05, 3.63) is 18.2 Å². The molecule has 2 heterocycles. The van der Waals surface area contributed by atoms with Crippen molar-refractivity contribution in [1.82, 2.24) is 9.80 Å². The number of methoxy groups -OCH3 is 2. The molecule has 1 aromatic carbocycles. The van der Waals surface area contributed by atoms with E-state index in [-0.39, 0.29) is 6.03 Å². The smallest absolute Gasteiger partial charge is 0.321 e. The lowest BCUT2D eigenvalue weighted by Crippen LogP contribution is -2.44. The number of anilines is 1. The lowest BCUT2D eigenvalue weighted by Gasteiger charge is -2.36. The first kappa shape index (κ1) is 18.8. The molecular weight excluding hydrogens is 330 g/mol. The number of nitrogens with zero attached hydrogens (tertiary/aromatic N) is 2. The number of amides is 2. The van der Waals surface area contributed by atoms with Crippen LogP contribution in [0.5, 0.6) is 11.5 Å². The van der Waals surface area contributed by atoms with Crippen LogP contribution >= 0.6 is 0 Å². The second-order valence-electron chi connectivity index (χ2n) is 7.29. The first-order chi connectivity index (χ1) is 12.7. The van der Waals surface area contributed by atoms with E-state index in [4.69, 9.17) is 9.47 Å². The summed E-state index contributed by atoms with van der Waals surface area (Å²) in [6, 6.07) is 5.40. The van der Waals surface area contributed by atoms with Crippen molar-refractivity contribution in [3.63, 3.8) is 0 Å². The summed E-state index contributed by atoms with van der Waals surface area (Å²) in [4.78, 5) is 17.1. The van der Waals surface area contributed by atoms with Crippen molar-refractivity contribution in [2.45, 2.75) is 32.1 Å². The van der Waals surface area contributed by atoms with Gasteiger partial charge in [0.05, 0.1) is 14.2 Å². The van der Waals surface area contributed by atoms with E-state index in [1.165, 1.54) is 38.9 Å². The third-order valence-electron chi connectivity index (χ3n) is 5.50. The molecule has 2 saturated heterocycles. The van der Waals surface area contributed by atoms with Gasteiger partial charge in [-0.3, -0.25) is 0 Å². The van der Waals surface area contributed by atoms with Gasteiger partial charge in [0.2, 0.25) is 0 Å². The van der Waals surface area contributed by atoms with Crippen LogP contribution < -0.4 is 14.8 Å². The summed E-state index contributed by atoms with van der Waals surface area (Å²) in [7, 11) is 3.20. The second kappa shape index (κ2) is 9.12. The highest BCUT2D eigenvalue weighted by Gasteiger charge is 2.25. The zero-order valence-electron chi connectivity index (χ0n) is 16.0. The van der Waals surface area contributed by atoms with Crippen LogP contribution in [0.4, 0.5) is 10.5 Å². The van der Waals surface area contributed by atoms with Gasteiger partial charge in [0, 0.05) is 31.4 Å². The highest BCUT2D eigenvalue weighted by atomic mass is 16.5. The third kappa shape index (κ3) is 4.81. The molecule has 0 unspecified atom stereocenters. The second-order valence-corrected chi connectivity index (χ2v) is 7.29. The van der Waals surface area contributed by atoms with Gasteiger partial charge in [0.1, 0.15) is 0 Å². The van der Waals surface area contributed by atoms with Crippen molar-refractivity contribution in [3.8, 4) is 11.5 Å². The quantitative estimate of drug-likeness (QED) is 0.873. The van der Waals surface area contributed by atoms with Gasteiger partial charge in [-0.25, -0.2) is 4.79 Å². The standard InChI is InChI=1S/C20H31N3O3/c1-25-18-7-6-17(14-19(18)26-2)21-20(24)23-12-8-16(9-13-23)15-22-10-4-3-5-11-22/h6-7,14,16H,3-5,8-13,15H2,1-2H3,(H,21,24). The zero-order valence-corrected chi connectivity index (χ0v) is 16.0. The molecule has 2 aliphatic heterocycles. The van der Waals surface area contributed by atoms with Gasteiger partial charge in [0.15, 0.2) is 11.5 Å². The highest BCUT2D eigenvalue weighted by Crippen LogP contribution is 2.30. The van der Waals surface area contributed by atoms with Gasteiger partial charge < -0.3 is 24.6 Å². The van der Waals surface area contributed by atoms with E-state index >= 15 is 0 Å². The van der Waals surface area contributed by atoms with Crippen molar-refractivity contribution in [2.75, 3.05) is 52.3 Å². The third-order valence-corrected chi connectivity index (χ3v) is 5.50. The summed E-state index contributed by atoms with van der Waals surface area (Å²) in [5.41, 5.74) is 0.725. The summed E-state index contributed by atoms with van der Waals surface area (Å²) >= 11 is 0. The first-order valence-electron chi connectivity index (χ1n) is 9.70. The Kier molecular flexibility index (Phi) is 6.61. The van der Waals surface area contributed by atoms with Gasteiger partial charge in [-0.05, 0) is 56.8 Å². The SMILES string of the molecule is COc1ccc(NC(=O)N2CCC(CN3CCCCC3)CC2)cc1OC. The molecule has 0 aliphatic carbocycles. The Morgan fingerprint density at radius 1 is 1.04 bits per heavy atom. The van der Waals surface area contributed by atoms with Crippen LogP contribution in [0.15, 0.2) is 18.2 Å². The van der Waals surface area contributed by atoms with Gasteiger partial charge >= 0.3 is 6.03 Å². The molecule has 0 atom stereocenters. The van der Waals surface area contributed by atoms with E-state index in [2.05, 4.69) is 10.2 Å². The molecule has 0 spiro atoms. The number of carbonyl (C=O) groups is 1. The van der Waals surface area contributed by atoms with Crippen LogP contribution in [-0.2, 0) is 0 Å². The number of carbonyl (C=O) groups excluding carboxylic acids is 1. The van der Waals surface area contributed by atoms with E-state index in [0.717, 1.165) is 37.5 Å². The molecule has 26 heavy (non-hydrogen) atoms. The Hall–Kier alpha value is -1.95. The number of hydrogen-bond acceptors (Lipinski definition) is 4. The maximum absolute atomic E-state index is 12.6. The van der Waals surface area contributed by atoms with E-state index < -0.39 is 0 Å². The number of benzene rings is 1. The van der Waals surface area contributed by atoms with Crippen molar-refractivity contribution >= 4 is 11.7 Å². The molecule has 1 aromatic rings. The molecule has 1 N–H and O–H groups in total. The van der Waals surface area contributed by atoms with Gasteiger partial charge in [0.25, 0.3) is 0 Å². The van der Waals surface area contributed by atoms with Crippen molar-refractivity contribution in [2.24, 2.45) is 5.92 Å². The molecule has 6 heteroatoms. The summed E-state index contributed by atoms with van der Waals surface area (Å²) in [6.07, 6.45) is 6.25. The summed E-state index contributed by atoms with van der Waals surface area (Å²) in [5, 5.41) is 2.97. The number of piperidine rings is 2. The van der Waals surface area contributed by atoms with Crippen LogP contribution in [0.2, 0.25) is 0 Å². The molecule has 3 rings (SSSR count). The number of rotatable bonds is 5. The number of nitrogens with one attached hydrogen (secondary N) is 1. The van der Waals surface area contributed by atoms with E-state index in [1.54, 1.807) is 26.4 Å². The fraction of sp³-hybridized carbons (Fsp3) is 0.650. The Morgan fingerprint density at radius 2 is 1.73 bits per heavy atom. The molecule has 0 radical (unpaired) electrons. The first-order valence-corrected chi connectivity index (χ1v) is 9.70. The Balaban J connectivity index is 1.47. The van der Waals surface area contributed by atoms with Crippen molar-refractivity contribution in [1.29, 1.82) is 0 Å². The van der Waals surface area contributed by atoms with E-state index in [9.17, 15) is 4.79 Å². The number of hydrogen-bond donors (Lipinski definition) is 1. The molecule has 144 valence electrons. The molecule has 0 bridgehead atoms. The minimum Gasteiger partial charge on any atom is -0.493 e. The van der Waals surface area contributed by atoms with Crippen LogP contribution in [0.1, 0.15) is 32.1 Å². The van der Waals surface area contributed by atoms with E-state index in [0.29, 0.717) is 11.5 Å². The van der Waals surface area contributed by atoms with Gasteiger partial charge in [-0.1, -0.05) is 6.42 Å². The Labute approximate surface area is 156 Å². The van der Waals surface area contributed by atoms with Gasteiger partial charge in [-0.2, -0.15) is 0 Å². The molecule has 2 fully saturated rings. The van der Waals surface area contributed by atoms with E-state index in [1.807, 2.05) is 11.0 Å². The van der Waals surface area contributed by atoms with Crippen LogP contribution in [0, 0.1) is 5.92 Å².